The standard InChI is InChI=1S/C24H26ClNO4/c1-4-13-26-21(16-7-11-19(12-8-16)30-14-15(2)3)20(23(28)24(26)29)22(27)17-5-9-18(25)10-6-17/h5-12,15,21,27H,4,13-14H2,1-3H3/b22-20-. The molecular weight excluding hydrogens is 402 g/mol. The van der Waals surface area contributed by atoms with Crippen molar-refractivity contribution in [1.82, 2.24) is 4.90 Å². The highest BCUT2D eigenvalue weighted by atomic mass is 35.5. The number of benzene rings is 2. The summed E-state index contributed by atoms with van der Waals surface area (Å²) in [6.07, 6.45) is 0.695. The SMILES string of the molecule is CCCN1C(=O)C(=O)/C(=C(\O)c2ccc(Cl)cc2)C1c1ccc(OCC(C)C)cc1. The number of aliphatic hydroxyl groups is 1. The lowest BCUT2D eigenvalue weighted by Gasteiger charge is -2.25. The van der Waals surface area contributed by atoms with Crippen molar-refractivity contribution in [3.05, 3.63) is 70.3 Å². The predicted octanol–water partition coefficient (Wildman–Crippen LogP) is 5.21. The van der Waals surface area contributed by atoms with Crippen LogP contribution in [0.2, 0.25) is 5.02 Å². The number of nitrogens with zero attached hydrogens (tertiary/aromatic N) is 1. The zero-order valence-electron chi connectivity index (χ0n) is 17.4. The first-order valence-corrected chi connectivity index (χ1v) is 10.5. The van der Waals surface area contributed by atoms with Gasteiger partial charge in [-0.25, -0.2) is 0 Å². The zero-order chi connectivity index (χ0) is 21.8. The summed E-state index contributed by atoms with van der Waals surface area (Å²) in [5, 5.41) is 11.4. The van der Waals surface area contributed by atoms with E-state index in [0.29, 0.717) is 36.1 Å². The van der Waals surface area contributed by atoms with Crippen molar-refractivity contribution in [3.63, 3.8) is 0 Å². The van der Waals surface area contributed by atoms with Gasteiger partial charge in [0.15, 0.2) is 0 Å². The van der Waals surface area contributed by atoms with E-state index in [9.17, 15) is 14.7 Å². The summed E-state index contributed by atoms with van der Waals surface area (Å²) in [7, 11) is 0. The van der Waals surface area contributed by atoms with Crippen LogP contribution in [0, 0.1) is 5.92 Å². The van der Waals surface area contributed by atoms with E-state index in [0.717, 1.165) is 11.3 Å². The van der Waals surface area contributed by atoms with Crippen LogP contribution >= 0.6 is 11.6 Å². The lowest BCUT2D eigenvalue weighted by molar-refractivity contribution is -0.139. The molecule has 0 aliphatic carbocycles. The summed E-state index contributed by atoms with van der Waals surface area (Å²) < 4.78 is 5.74. The molecule has 0 aromatic heterocycles. The lowest BCUT2D eigenvalue weighted by Crippen LogP contribution is -2.30. The second kappa shape index (κ2) is 9.35. The summed E-state index contributed by atoms with van der Waals surface area (Å²) in [6.45, 7) is 7.10. The molecule has 5 nitrogen and oxygen atoms in total. The van der Waals surface area contributed by atoms with Gasteiger partial charge in [0, 0.05) is 17.1 Å². The van der Waals surface area contributed by atoms with E-state index in [2.05, 4.69) is 13.8 Å². The van der Waals surface area contributed by atoms with Crippen molar-refractivity contribution in [2.24, 2.45) is 5.92 Å². The Bertz CT molecular complexity index is 948. The minimum Gasteiger partial charge on any atom is -0.507 e. The monoisotopic (exact) mass is 427 g/mol. The quantitative estimate of drug-likeness (QED) is 0.374. The van der Waals surface area contributed by atoms with Crippen LogP contribution in [0.1, 0.15) is 44.4 Å². The van der Waals surface area contributed by atoms with Crippen LogP contribution in [0.3, 0.4) is 0 Å². The number of rotatable bonds is 7. The van der Waals surface area contributed by atoms with E-state index < -0.39 is 17.7 Å². The molecule has 1 unspecified atom stereocenters. The van der Waals surface area contributed by atoms with Crippen LogP contribution in [-0.2, 0) is 9.59 Å². The molecule has 3 rings (SSSR count). The van der Waals surface area contributed by atoms with Gasteiger partial charge in [-0.2, -0.15) is 0 Å². The minimum atomic E-state index is -0.680. The summed E-state index contributed by atoms with van der Waals surface area (Å²) >= 11 is 5.94. The Morgan fingerprint density at radius 2 is 1.73 bits per heavy atom. The number of carbonyl (C=O) groups is 2. The van der Waals surface area contributed by atoms with E-state index >= 15 is 0 Å². The third-order valence-electron chi connectivity index (χ3n) is 4.90. The number of carbonyl (C=O) groups excluding carboxylic acids is 2. The Morgan fingerprint density at radius 3 is 2.30 bits per heavy atom. The van der Waals surface area contributed by atoms with Crippen LogP contribution in [0.5, 0.6) is 5.75 Å². The number of aliphatic hydroxyl groups excluding tert-OH is 1. The maximum atomic E-state index is 12.8. The molecule has 2 aromatic rings. The first-order valence-electron chi connectivity index (χ1n) is 10.1. The van der Waals surface area contributed by atoms with E-state index in [-0.39, 0.29) is 11.3 Å². The maximum absolute atomic E-state index is 12.8. The Labute approximate surface area is 181 Å². The van der Waals surface area contributed by atoms with Crippen molar-refractivity contribution in [3.8, 4) is 5.75 Å². The topological polar surface area (TPSA) is 66.8 Å². The predicted molar refractivity (Wildman–Crippen MR) is 118 cm³/mol. The van der Waals surface area contributed by atoms with Gasteiger partial charge in [-0.1, -0.05) is 44.5 Å². The third kappa shape index (κ3) is 4.51. The Balaban J connectivity index is 2.04. The molecule has 0 radical (unpaired) electrons. The Kier molecular flexibility index (Phi) is 6.83. The number of amides is 1. The van der Waals surface area contributed by atoms with Gasteiger partial charge in [0.05, 0.1) is 18.2 Å². The van der Waals surface area contributed by atoms with E-state index in [1.165, 1.54) is 4.90 Å². The minimum absolute atomic E-state index is 0.0895. The smallest absolute Gasteiger partial charge is 0.295 e. The molecule has 1 aliphatic rings. The summed E-state index contributed by atoms with van der Waals surface area (Å²) in [5.74, 6) is -0.356. The third-order valence-corrected chi connectivity index (χ3v) is 5.15. The highest BCUT2D eigenvalue weighted by Crippen LogP contribution is 2.40. The molecule has 1 fully saturated rings. The largest absolute Gasteiger partial charge is 0.507 e. The van der Waals surface area contributed by atoms with Gasteiger partial charge < -0.3 is 14.7 Å². The molecule has 30 heavy (non-hydrogen) atoms. The number of Topliss-reactive ketones (excluding diaryl/α,β-unsaturated/α-hetero) is 1. The molecule has 0 bridgehead atoms. The summed E-state index contributed by atoms with van der Waals surface area (Å²) in [4.78, 5) is 27.1. The molecule has 1 atom stereocenters. The molecule has 1 saturated heterocycles. The molecule has 1 aliphatic heterocycles. The van der Waals surface area contributed by atoms with Crippen LogP contribution in [0.25, 0.3) is 5.76 Å². The second-order valence-electron chi connectivity index (χ2n) is 7.77. The van der Waals surface area contributed by atoms with Crippen molar-refractivity contribution in [2.45, 2.75) is 33.2 Å². The molecular formula is C24H26ClNO4. The van der Waals surface area contributed by atoms with Gasteiger partial charge in [0.1, 0.15) is 11.5 Å². The Hall–Kier alpha value is -2.79. The molecule has 1 heterocycles. The fraction of sp³-hybridized carbons (Fsp3) is 0.333. The van der Waals surface area contributed by atoms with Gasteiger partial charge in [0.2, 0.25) is 0 Å². The van der Waals surface area contributed by atoms with Crippen LogP contribution in [-0.4, -0.2) is 34.8 Å². The van der Waals surface area contributed by atoms with Gasteiger partial charge >= 0.3 is 0 Å². The van der Waals surface area contributed by atoms with Gasteiger partial charge in [-0.3, -0.25) is 9.59 Å². The average molecular weight is 428 g/mol. The van der Waals surface area contributed by atoms with Crippen molar-refractivity contribution < 1.29 is 19.4 Å². The van der Waals surface area contributed by atoms with E-state index in [1.807, 2.05) is 31.2 Å². The van der Waals surface area contributed by atoms with Crippen molar-refractivity contribution in [1.29, 1.82) is 0 Å². The number of ether oxygens (including phenoxy) is 1. The number of halogens is 1. The van der Waals surface area contributed by atoms with Gasteiger partial charge in [0.25, 0.3) is 11.7 Å². The highest BCUT2D eigenvalue weighted by Gasteiger charge is 2.45. The van der Waals surface area contributed by atoms with Crippen molar-refractivity contribution >= 4 is 29.1 Å². The molecule has 0 spiro atoms. The summed E-state index contributed by atoms with van der Waals surface area (Å²) in [5.41, 5.74) is 1.28. The first kappa shape index (κ1) is 21.9. The van der Waals surface area contributed by atoms with Crippen LogP contribution < -0.4 is 4.74 Å². The fourth-order valence-electron chi connectivity index (χ4n) is 3.47. The second-order valence-corrected chi connectivity index (χ2v) is 8.21. The molecule has 158 valence electrons. The van der Waals surface area contributed by atoms with Gasteiger partial charge in [-0.15, -0.1) is 0 Å². The first-order chi connectivity index (χ1) is 14.3. The maximum Gasteiger partial charge on any atom is 0.295 e. The van der Waals surface area contributed by atoms with Gasteiger partial charge in [-0.05, 0) is 54.3 Å². The summed E-state index contributed by atoms with van der Waals surface area (Å²) in [6, 6.07) is 13.2. The van der Waals surface area contributed by atoms with Crippen molar-refractivity contribution in [2.75, 3.05) is 13.2 Å². The average Bonchev–Trinajstić information content (AvgIpc) is 2.98. The molecule has 1 amide bonds. The van der Waals surface area contributed by atoms with E-state index in [4.69, 9.17) is 16.3 Å². The number of hydrogen-bond donors (Lipinski definition) is 1. The molecule has 6 heteroatoms. The number of hydrogen-bond acceptors (Lipinski definition) is 4. The molecule has 2 aromatic carbocycles. The number of ketones is 1. The number of likely N-dealkylation sites (tertiary alicyclic amines) is 1. The molecule has 1 N–H and O–H groups in total. The van der Waals surface area contributed by atoms with Crippen LogP contribution in [0.4, 0.5) is 0 Å². The normalized spacial score (nSPS) is 18.3. The molecule has 0 saturated carbocycles. The fourth-order valence-corrected chi connectivity index (χ4v) is 3.60. The zero-order valence-corrected chi connectivity index (χ0v) is 18.1. The van der Waals surface area contributed by atoms with E-state index in [1.54, 1.807) is 24.3 Å². The Morgan fingerprint density at radius 1 is 1.10 bits per heavy atom. The van der Waals surface area contributed by atoms with Crippen LogP contribution in [0.15, 0.2) is 54.1 Å². The highest BCUT2D eigenvalue weighted by molar-refractivity contribution is 6.46. The lowest BCUT2D eigenvalue weighted by atomic mass is 9.95.